The fourth-order valence-electron chi connectivity index (χ4n) is 3.08. The highest BCUT2D eigenvalue weighted by Gasteiger charge is 2.29. The van der Waals surface area contributed by atoms with Crippen LogP contribution in [-0.2, 0) is 4.79 Å². The van der Waals surface area contributed by atoms with Crippen molar-refractivity contribution in [2.24, 2.45) is 5.92 Å². The highest BCUT2D eigenvalue weighted by atomic mass is 16.5. The molecular weight excluding hydrogens is 387 g/mol. The van der Waals surface area contributed by atoms with Crippen molar-refractivity contribution in [2.45, 2.75) is 18.1 Å². The number of amides is 1. The van der Waals surface area contributed by atoms with Crippen molar-refractivity contribution in [1.29, 1.82) is 0 Å². The molecule has 0 aromatic carbocycles. The summed E-state index contributed by atoms with van der Waals surface area (Å²) in [6.45, 7) is 0. The van der Waals surface area contributed by atoms with E-state index in [9.17, 15) is 4.79 Å². The first-order valence-electron chi connectivity index (χ1n) is 10.3. The Bertz CT molecular complexity index is 1200. The molecule has 1 aliphatic rings. The second-order valence-electron chi connectivity index (χ2n) is 8.49. The van der Waals surface area contributed by atoms with Gasteiger partial charge in [-0.15, -0.1) is 0 Å². The Morgan fingerprint density at radius 2 is 1.90 bits per heavy atom. The van der Waals surface area contributed by atoms with Crippen LogP contribution in [0.3, 0.4) is 0 Å². The van der Waals surface area contributed by atoms with Crippen LogP contribution in [0.5, 0.6) is 5.75 Å². The van der Waals surface area contributed by atoms with Gasteiger partial charge in [0, 0.05) is 41.4 Å². The Morgan fingerprint density at radius 3 is 2.55 bits per heavy atom. The second kappa shape index (κ2) is 8.34. The minimum atomic E-state index is -0.283. The van der Waals surface area contributed by atoms with Crippen molar-refractivity contribution in [3.63, 3.8) is 0 Å². The molecule has 1 saturated carbocycles. The molecule has 152 valence electrons. The number of aromatic nitrogens is 3. The number of hydrogen-bond donors (Lipinski definition) is 2. The molecule has 0 aliphatic heterocycles. The summed E-state index contributed by atoms with van der Waals surface area (Å²) in [5.74, 6) is 8.29. The zero-order valence-electron chi connectivity index (χ0n) is 18.1. The lowest BCUT2D eigenvalue weighted by molar-refractivity contribution is -0.117. The molecular formula is C21H22B3N5O2. The van der Waals surface area contributed by atoms with Crippen molar-refractivity contribution in [3.05, 3.63) is 48.0 Å². The summed E-state index contributed by atoms with van der Waals surface area (Å²) in [5.41, 5.74) is 1.36. The molecule has 1 amide bonds. The standard InChI is InChI=1S/C21H22B3N5O2/c1-25-19-17-11-27-18(29-20(30)12-2-3-12)8-16(17)13(9-28-19)4-5-14-6-7-15(10-26-14)31-21(22,23)24/h6-12H,2-3,22-24H2,1H3,(H,25,28)(H,27,29,30). The molecule has 3 heterocycles. The Morgan fingerprint density at radius 1 is 1.10 bits per heavy atom. The lowest BCUT2D eigenvalue weighted by Crippen LogP contribution is -2.37. The molecule has 4 rings (SSSR count). The molecule has 0 radical (unpaired) electrons. The third kappa shape index (κ3) is 5.18. The fourth-order valence-corrected chi connectivity index (χ4v) is 3.08. The molecule has 1 fully saturated rings. The van der Waals surface area contributed by atoms with Gasteiger partial charge in [0.15, 0.2) is 0 Å². The van der Waals surface area contributed by atoms with E-state index in [2.05, 4.69) is 37.4 Å². The van der Waals surface area contributed by atoms with E-state index < -0.39 is 0 Å². The van der Waals surface area contributed by atoms with Gasteiger partial charge in [-0.1, -0.05) is 5.92 Å². The van der Waals surface area contributed by atoms with E-state index in [1.165, 1.54) is 0 Å². The number of hydrogen-bond acceptors (Lipinski definition) is 6. The van der Waals surface area contributed by atoms with E-state index in [1.807, 2.05) is 41.7 Å². The number of rotatable bonds is 5. The van der Waals surface area contributed by atoms with Crippen molar-refractivity contribution in [3.8, 4) is 17.6 Å². The minimum absolute atomic E-state index is 0.0177. The van der Waals surface area contributed by atoms with Crippen LogP contribution in [0.25, 0.3) is 10.8 Å². The number of pyridine rings is 3. The summed E-state index contributed by atoms with van der Waals surface area (Å²) in [7, 11) is 7.78. The first-order chi connectivity index (χ1) is 14.8. The van der Waals surface area contributed by atoms with E-state index >= 15 is 0 Å². The zero-order valence-corrected chi connectivity index (χ0v) is 18.1. The Balaban J connectivity index is 1.64. The third-order valence-corrected chi connectivity index (χ3v) is 4.69. The van der Waals surface area contributed by atoms with E-state index in [0.717, 1.165) is 29.2 Å². The molecule has 10 heteroatoms. The fraction of sp³-hybridized carbons (Fsp3) is 0.238. The molecule has 0 unspecified atom stereocenters. The van der Waals surface area contributed by atoms with Crippen LogP contribution in [0.1, 0.15) is 24.1 Å². The number of nitrogens with one attached hydrogen (secondary N) is 2. The minimum Gasteiger partial charge on any atom is -0.512 e. The summed E-state index contributed by atoms with van der Waals surface area (Å²) in [6.07, 6.45) is 6.97. The number of anilines is 2. The third-order valence-electron chi connectivity index (χ3n) is 4.69. The van der Waals surface area contributed by atoms with Gasteiger partial charge in [0.2, 0.25) is 5.91 Å². The van der Waals surface area contributed by atoms with E-state index in [4.69, 9.17) is 4.74 Å². The van der Waals surface area contributed by atoms with Gasteiger partial charge in [0.1, 0.15) is 46.6 Å². The summed E-state index contributed by atoms with van der Waals surface area (Å²) >= 11 is 0. The Labute approximate surface area is 184 Å². The quantitative estimate of drug-likeness (QED) is 0.445. The molecule has 0 atom stereocenters. The van der Waals surface area contributed by atoms with Crippen molar-refractivity contribution in [1.82, 2.24) is 15.0 Å². The largest absolute Gasteiger partial charge is 0.512 e. The van der Waals surface area contributed by atoms with Gasteiger partial charge in [-0.25, -0.2) is 15.0 Å². The van der Waals surface area contributed by atoms with Gasteiger partial charge in [-0.3, -0.25) is 4.79 Å². The summed E-state index contributed by atoms with van der Waals surface area (Å²) in [6, 6.07) is 5.53. The summed E-state index contributed by atoms with van der Waals surface area (Å²) in [4.78, 5) is 25.3. The number of carbonyl (C=O) groups is 1. The van der Waals surface area contributed by atoms with Gasteiger partial charge >= 0.3 is 0 Å². The highest BCUT2D eigenvalue weighted by Crippen LogP contribution is 2.31. The Kier molecular flexibility index (Phi) is 5.60. The van der Waals surface area contributed by atoms with Crippen LogP contribution >= 0.6 is 0 Å². The maximum absolute atomic E-state index is 12.1. The van der Waals surface area contributed by atoms with E-state index in [0.29, 0.717) is 23.1 Å². The van der Waals surface area contributed by atoms with Gasteiger partial charge in [0.25, 0.3) is 0 Å². The highest BCUT2D eigenvalue weighted by molar-refractivity contribution is 6.58. The summed E-state index contributed by atoms with van der Waals surface area (Å²) < 4.78 is 5.80. The lowest BCUT2D eigenvalue weighted by Gasteiger charge is -2.21. The maximum Gasteiger partial charge on any atom is 0.228 e. The predicted molar refractivity (Wildman–Crippen MR) is 130 cm³/mol. The van der Waals surface area contributed by atoms with E-state index in [1.54, 1.807) is 25.6 Å². The lowest BCUT2D eigenvalue weighted by atomic mass is 9.52. The first kappa shape index (κ1) is 20.8. The van der Waals surface area contributed by atoms with Crippen molar-refractivity contribution < 1.29 is 9.53 Å². The first-order valence-corrected chi connectivity index (χ1v) is 10.3. The molecule has 0 saturated heterocycles. The van der Waals surface area contributed by atoms with Gasteiger partial charge < -0.3 is 15.4 Å². The molecule has 3 aromatic heterocycles. The molecule has 0 spiro atoms. The molecule has 1 aliphatic carbocycles. The zero-order chi connectivity index (χ0) is 22.0. The van der Waals surface area contributed by atoms with Crippen LogP contribution in [0.4, 0.5) is 11.6 Å². The van der Waals surface area contributed by atoms with Crippen LogP contribution in [-0.4, -0.2) is 56.7 Å². The number of ether oxygens (including phenoxy) is 1. The van der Waals surface area contributed by atoms with Gasteiger partial charge in [-0.05, 0) is 37.0 Å². The molecule has 7 nitrogen and oxygen atoms in total. The Hall–Kier alpha value is -3.47. The second-order valence-corrected chi connectivity index (χ2v) is 8.49. The SMILES string of the molecule is BC(B)(B)Oc1ccc(C#Cc2cnc(NC)c3cnc(NC(=O)C4CC4)cc23)nc1. The molecule has 2 N–H and O–H groups in total. The van der Waals surface area contributed by atoms with E-state index in [-0.39, 0.29) is 17.1 Å². The topological polar surface area (TPSA) is 89.0 Å². The van der Waals surface area contributed by atoms with Crippen LogP contribution in [0.2, 0.25) is 0 Å². The van der Waals surface area contributed by atoms with Crippen LogP contribution < -0.4 is 15.4 Å². The number of nitrogens with zero attached hydrogens (tertiary/aromatic N) is 3. The van der Waals surface area contributed by atoms with Crippen LogP contribution in [0, 0.1) is 17.8 Å². The average Bonchev–Trinajstić information content (AvgIpc) is 3.57. The summed E-state index contributed by atoms with van der Waals surface area (Å²) in [5, 5.41) is 7.38. The normalized spacial score (nSPS) is 13.2. The van der Waals surface area contributed by atoms with Gasteiger partial charge in [0.05, 0.1) is 11.8 Å². The molecule has 3 aromatic rings. The smallest absolute Gasteiger partial charge is 0.228 e. The van der Waals surface area contributed by atoms with Crippen LogP contribution in [0.15, 0.2) is 36.8 Å². The average molecular weight is 409 g/mol. The molecule has 0 bridgehead atoms. The predicted octanol–water partition coefficient (Wildman–Crippen LogP) is -0.296. The monoisotopic (exact) mass is 409 g/mol. The van der Waals surface area contributed by atoms with Gasteiger partial charge in [-0.2, -0.15) is 0 Å². The number of carbonyl (C=O) groups excluding carboxylic acids is 1. The van der Waals surface area contributed by atoms with Crippen molar-refractivity contribution >= 4 is 51.9 Å². The number of fused-ring (bicyclic) bond motifs is 1. The molecule has 31 heavy (non-hydrogen) atoms. The van der Waals surface area contributed by atoms with Crippen molar-refractivity contribution in [2.75, 3.05) is 17.7 Å². The maximum atomic E-state index is 12.1.